The number of hydrogen-bond donors (Lipinski definition) is 1. The molecule has 0 spiro atoms. The number of halogens is 1. The second-order valence-electron chi connectivity index (χ2n) is 3.80. The molecule has 0 aliphatic carbocycles. The fourth-order valence-corrected chi connectivity index (χ4v) is 2.41. The summed E-state index contributed by atoms with van der Waals surface area (Å²) in [5, 5.41) is 8.71. The molecule has 86 valence electrons. The number of rotatable bonds is 3. The minimum absolute atomic E-state index is 0.198. The third-order valence-electron chi connectivity index (χ3n) is 1.78. The van der Waals surface area contributed by atoms with Gasteiger partial charge >= 0.3 is 0 Å². The van der Waals surface area contributed by atoms with Crippen molar-refractivity contribution in [1.82, 2.24) is 4.72 Å². The van der Waals surface area contributed by atoms with Crippen LogP contribution in [-0.2, 0) is 10.0 Å². The highest BCUT2D eigenvalue weighted by Gasteiger charge is 2.25. The van der Waals surface area contributed by atoms with Crippen molar-refractivity contribution in [1.29, 1.82) is 5.26 Å². The van der Waals surface area contributed by atoms with E-state index in [-0.39, 0.29) is 4.90 Å². The van der Waals surface area contributed by atoms with E-state index < -0.39 is 21.4 Å². The van der Waals surface area contributed by atoms with Gasteiger partial charge in [0.1, 0.15) is 11.4 Å². The van der Waals surface area contributed by atoms with E-state index >= 15 is 0 Å². The Balaban J connectivity index is 3.10. The Bertz CT molecular complexity index is 532. The zero-order valence-corrected chi connectivity index (χ0v) is 9.68. The molecule has 0 amide bonds. The topological polar surface area (TPSA) is 70.0 Å². The first-order valence-corrected chi connectivity index (χ1v) is 5.96. The van der Waals surface area contributed by atoms with E-state index in [0.29, 0.717) is 0 Å². The summed E-state index contributed by atoms with van der Waals surface area (Å²) in [4.78, 5) is -0.198. The van der Waals surface area contributed by atoms with Gasteiger partial charge in [0, 0.05) is 0 Å². The maximum Gasteiger partial charge on any atom is 0.242 e. The second kappa shape index (κ2) is 4.20. The van der Waals surface area contributed by atoms with Gasteiger partial charge in [-0.15, -0.1) is 0 Å². The van der Waals surface area contributed by atoms with Crippen molar-refractivity contribution in [2.75, 3.05) is 0 Å². The molecule has 0 heterocycles. The molecule has 0 bridgehead atoms. The summed E-state index contributed by atoms with van der Waals surface area (Å²) >= 11 is 0. The van der Waals surface area contributed by atoms with Gasteiger partial charge in [-0.2, -0.15) is 9.98 Å². The zero-order valence-electron chi connectivity index (χ0n) is 8.86. The largest absolute Gasteiger partial charge is 0.242 e. The van der Waals surface area contributed by atoms with Crippen LogP contribution in [0.2, 0.25) is 0 Å². The van der Waals surface area contributed by atoms with E-state index in [4.69, 9.17) is 5.26 Å². The van der Waals surface area contributed by atoms with Gasteiger partial charge < -0.3 is 0 Å². The maximum absolute atomic E-state index is 12.9. The van der Waals surface area contributed by atoms with Gasteiger partial charge in [-0.3, -0.25) is 0 Å². The van der Waals surface area contributed by atoms with Gasteiger partial charge in [0.15, 0.2) is 0 Å². The van der Waals surface area contributed by atoms with Crippen LogP contribution in [-0.4, -0.2) is 14.0 Å². The molecule has 0 aliphatic heterocycles. The quantitative estimate of drug-likeness (QED) is 0.871. The fourth-order valence-electron chi connectivity index (χ4n) is 1.05. The number of nitriles is 1. The molecule has 1 N–H and O–H groups in total. The monoisotopic (exact) mass is 242 g/mol. The van der Waals surface area contributed by atoms with Crippen molar-refractivity contribution in [3.05, 3.63) is 30.1 Å². The number of sulfonamides is 1. The maximum atomic E-state index is 12.9. The Morgan fingerprint density at radius 2 is 2.06 bits per heavy atom. The lowest BCUT2D eigenvalue weighted by Crippen LogP contribution is -2.41. The Labute approximate surface area is 93.8 Å². The lowest BCUT2D eigenvalue weighted by Gasteiger charge is -2.17. The van der Waals surface area contributed by atoms with E-state index in [9.17, 15) is 12.8 Å². The van der Waals surface area contributed by atoms with Gasteiger partial charge in [0.25, 0.3) is 0 Å². The Morgan fingerprint density at radius 3 is 2.56 bits per heavy atom. The van der Waals surface area contributed by atoms with Crippen molar-refractivity contribution in [2.45, 2.75) is 24.3 Å². The SMILES string of the molecule is CC(C)(C#N)NS(=O)(=O)c1cccc(F)c1. The molecular weight excluding hydrogens is 231 g/mol. The summed E-state index contributed by atoms with van der Waals surface area (Å²) in [6.07, 6.45) is 0. The summed E-state index contributed by atoms with van der Waals surface area (Å²) in [6, 6.07) is 6.40. The van der Waals surface area contributed by atoms with Crippen LogP contribution in [0.25, 0.3) is 0 Å². The molecule has 4 nitrogen and oxygen atoms in total. The van der Waals surface area contributed by atoms with Crippen LogP contribution >= 0.6 is 0 Å². The highest BCUT2D eigenvalue weighted by Crippen LogP contribution is 2.13. The van der Waals surface area contributed by atoms with Gasteiger partial charge in [-0.1, -0.05) is 6.07 Å². The molecule has 6 heteroatoms. The normalized spacial score (nSPS) is 12.1. The minimum Gasteiger partial charge on any atom is -0.207 e. The molecule has 1 aromatic rings. The summed E-state index contributed by atoms with van der Waals surface area (Å²) in [5.41, 5.74) is -1.23. The molecule has 16 heavy (non-hydrogen) atoms. The first-order chi connectivity index (χ1) is 7.27. The molecule has 0 aromatic heterocycles. The van der Waals surface area contributed by atoms with Crippen LogP contribution in [0.1, 0.15) is 13.8 Å². The molecule has 0 saturated heterocycles. The van der Waals surface area contributed by atoms with E-state index in [2.05, 4.69) is 4.72 Å². The van der Waals surface area contributed by atoms with Gasteiger partial charge in [0.05, 0.1) is 11.0 Å². The van der Waals surface area contributed by atoms with Crippen LogP contribution in [0.15, 0.2) is 29.2 Å². The first-order valence-electron chi connectivity index (χ1n) is 4.48. The summed E-state index contributed by atoms with van der Waals surface area (Å²) < 4.78 is 38.5. The molecular formula is C10H11FN2O2S. The second-order valence-corrected chi connectivity index (χ2v) is 5.48. The van der Waals surface area contributed by atoms with E-state index in [1.165, 1.54) is 26.0 Å². The Kier molecular flexibility index (Phi) is 3.31. The third kappa shape index (κ3) is 3.02. The molecule has 0 aliphatic rings. The van der Waals surface area contributed by atoms with Crippen LogP contribution in [0.4, 0.5) is 4.39 Å². The Morgan fingerprint density at radius 1 is 1.44 bits per heavy atom. The highest BCUT2D eigenvalue weighted by molar-refractivity contribution is 7.89. The molecule has 1 rings (SSSR count). The molecule has 0 saturated carbocycles. The van der Waals surface area contributed by atoms with Crippen LogP contribution < -0.4 is 4.72 Å². The summed E-state index contributed by atoms with van der Waals surface area (Å²) in [7, 11) is -3.87. The van der Waals surface area contributed by atoms with Crippen molar-refractivity contribution < 1.29 is 12.8 Å². The van der Waals surface area contributed by atoms with E-state index in [1.807, 2.05) is 0 Å². The number of nitrogens with zero attached hydrogens (tertiary/aromatic N) is 1. The van der Waals surface area contributed by atoms with Gasteiger partial charge in [0.2, 0.25) is 10.0 Å². The molecule has 0 radical (unpaired) electrons. The van der Waals surface area contributed by atoms with Gasteiger partial charge in [-0.05, 0) is 32.0 Å². The third-order valence-corrected chi connectivity index (χ3v) is 3.43. The lowest BCUT2D eigenvalue weighted by atomic mass is 10.1. The molecule has 0 atom stereocenters. The first kappa shape index (κ1) is 12.6. The van der Waals surface area contributed by atoms with Crippen LogP contribution in [0.3, 0.4) is 0 Å². The summed E-state index contributed by atoms with van der Waals surface area (Å²) in [6.45, 7) is 2.84. The summed E-state index contributed by atoms with van der Waals surface area (Å²) in [5.74, 6) is -0.641. The highest BCUT2D eigenvalue weighted by atomic mass is 32.2. The fraction of sp³-hybridized carbons (Fsp3) is 0.300. The number of benzene rings is 1. The predicted molar refractivity (Wildman–Crippen MR) is 56.4 cm³/mol. The van der Waals surface area contributed by atoms with Gasteiger partial charge in [-0.25, -0.2) is 12.8 Å². The molecule has 1 aromatic carbocycles. The number of hydrogen-bond acceptors (Lipinski definition) is 3. The minimum atomic E-state index is -3.87. The average Bonchev–Trinajstić information content (AvgIpc) is 2.16. The van der Waals surface area contributed by atoms with Crippen molar-refractivity contribution in [2.24, 2.45) is 0 Å². The standard InChI is InChI=1S/C10H11FN2O2S/c1-10(2,7-12)13-16(14,15)9-5-3-4-8(11)6-9/h3-6,13H,1-2H3. The van der Waals surface area contributed by atoms with Crippen molar-refractivity contribution in [3.63, 3.8) is 0 Å². The van der Waals surface area contributed by atoms with Crippen molar-refractivity contribution in [3.8, 4) is 6.07 Å². The molecule has 0 unspecified atom stereocenters. The predicted octanol–water partition coefficient (Wildman–Crippen LogP) is 1.41. The molecule has 0 fully saturated rings. The van der Waals surface area contributed by atoms with E-state index in [0.717, 1.165) is 12.1 Å². The van der Waals surface area contributed by atoms with Crippen LogP contribution in [0, 0.1) is 17.1 Å². The van der Waals surface area contributed by atoms with Crippen LogP contribution in [0.5, 0.6) is 0 Å². The number of nitrogens with one attached hydrogen (secondary N) is 1. The smallest absolute Gasteiger partial charge is 0.207 e. The zero-order chi connectivity index (χ0) is 12.4. The van der Waals surface area contributed by atoms with E-state index in [1.54, 1.807) is 6.07 Å². The van der Waals surface area contributed by atoms with Crippen molar-refractivity contribution >= 4 is 10.0 Å². The average molecular weight is 242 g/mol. The lowest BCUT2D eigenvalue weighted by molar-refractivity contribution is 0.534. The Hall–Kier alpha value is -1.45.